The number of nitrogen functional groups attached to an aromatic ring is 1. The van der Waals surface area contributed by atoms with E-state index in [1.165, 1.54) is 12.3 Å². The average Bonchev–Trinajstić information content (AvgIpc) is 2.26. The Kier molecular flexibility index (Phi) is 4.53. The standard InChI is InChI=1S/C10H15N3O3/c1-15-3-2-4-16-9-5-7(10(12)14)8(11)6-13-9/h5-6H,2-4,11H2,1H3,(H2,12,14). The van der Waals surface area contributed by atoms with E-state index in [0.717, 1.165) is 6.42 Å². The monoisotopic (exact) mass is 225 g/mol. The Hall–Kier alpha value is -1.82. The molecule has 6 heteroatoms. The topological polar surface area (TPSA) is 100 Å². The Morgan fingerprint density at radius 2 is 2.25 bits per heavy atom. The predicted octanol–water partition coefficient (Wildman–Crippen LogP) is 0.178. The number of hydrogen-bond acceptors (Lipinski definition) is 5. The Labute approximate surface area is 93.5 Å². The highest BCUT2D eigenvalue weighted by Crippen LogP contribution is 2.15. The van der Waals surface area contributed by atoms with E-state index in [4.69, 9.17) is 20.9 Å². The van der Waals surface area contributed by atoms with Crippen molar-refractivity contribution >= 4 is 11.6 Å². The summed E-state index contributed by atoms with van der Waals surface area (Å²) in [6, 6.07) is 1.43. The number of carbonyl (C=O) groups is 1. The van der Waals surface area contributed by atoms with Gasteiger partial charge in [-0.15, -0.1) is 0 Å². The number of primary amides is 1. The van der Waals surface area contributed by atoms with Crippen LogP contribution in [-0.2, 0) is 4.74 Å². The molecular weight excluding hydrogens is 210 g/mol. The van der Waals surface area contributed by atoms with Crippen LogP contribution in [0.4, 0.5) is 5.69 Å². The first-order chi connectivity index (χ1) is 7.65. The molecule has 1 heterocycles. The molecule has 6 nitrogen and oxygen atoms in total. The number of nitrogens with zero attached hydrogens (tertiary/aromatic N) is 1. The highest BCUT2D eigenvalue weighted by Gasteiger charge is 2.08. The lowest BCUT2D eigenvalue weighted by atomic mass is 10.2. The fourth-order valence-corrected chi connectivity index (χ4v) is 1.12. The minimum atomic E-state index is -0.596. The fourth-order valence-electron chi connectivity index (χ4n) is 1.12. The summed E-state index contributed by atoms with van der Waals surface area (Å²) < 4.78 is 10.2. The maximum absolute atomic E-state index is 11.0. The van der Waals surface area contributed by atoms with Gasteiger partial charge in [-0.25, -0.2) is 4.98 Å². The number of rotatable bonds is 6. The van der Waals surface area contributed by atoms with Gasteiger partial charge in [-0.2, -0.15) is 0 Å². The first kappa shape index (κ1) is 12.3. The van der Waals surface area contributed by atoms with Crippen molar-refractivity contribution in [3.8, 4) is 5.88 Å². The van der Waals surface area contributed by atoms with Gasteiger partial charge in [0.1, 0.15) is 0 Å². The number of nitrogens with two attached hydrogens (primary N) is 2. The molecular formula is C10H15N3O3. The van der Waals surface area contributed by atoms with Gasteiger partial charge >= 0.3 is 0 Å². The van der Waals surface area contributed by atoms with E-state index in [9.17, 15) is 4.79 Å². The van der Waals surface area contributed by atoms with E-state index in [1.807, 2.05) is 0 Å². The summed E-state index contributed by atoms with van der Waals surface area (Å²) in [6.07, 6.45) is 2.10. The van der Waals surface area contributed by atoms with Crippen LogP contribution >= 0.6 is 0 Å². The van der Waals surface area contributed by atoms with Crippen molar-refractivity contribution in [1.29, 1.82) is 0 Å². The third kappa shape index (κ3) is 3.39. The number of ether oxygens (including phenoxy) is 2. The summed E-state index contributed by atoms with van der Waals surface area (Å²) in [6.45, 7) is 1.07. The third-order valence-electron chi connectivity index (χ3n) is 1.92. The molecule has 0 aliphatic heterocycles. The highest BCUT2D eigenvalue weighted by atomic mass is 16.5. The maximum Gasteiger partial charge on any atom is 0.251 e. The van der Waals surface area contributed by atoms with Crippen LogP contribution in [0.15, 0.2) is 12.3 Å². The van der Waals surface area contributed by atoms with Gasteiger partial charge in [0, 0.05) is 26.2 Å². The number of hydrogen-bond donors (Lipinski definition) is 2. The smallest absolute Gasteiger partial charge is 0.251 e. The van der Waals surface area contributed by atoms with E-state index >= 15 is 0 Å². The molecule has 0 spiro atoms. The van der Waals surface area contributed by atoms with Crippen LogP contribution in [0.5, 0.6) is 5.88 Å². The number of pyridine rings is 1. The molecule has 0 aliphatic rings. The molecule has 16 heavy (non-hydrogen) atoms. The Morgan fingerprint density at radius 1 is 1.50 bits per heavy atom. The van der Waals surface area contributed by atoms with Gasteiger partial charge in [0.15, 0.2) is 0 Å². The van der Waals surface area contributed by atoms with Crippen molar-refractivity contribution < 1.29 is 14.3 Å². The quantitative estimate of drug-likeness (QED) is 0.672. The minimum absolute atomic E-state index is 0.219. The van der Waals surface area contributed by atoms with Crippen LogP contribution in [0.25, 0.3) is 0 Å². The number of aromatic nitrogens is 1. The summed E-state index contributed by atoms with van der Waals surface area (Å²) in [5.74, 6) is -0.263. The zero-order valence-electron chi connectivity index (χ0n) is 9.10. The number of amides is 1. The van der Waals surface area contributed by atoms with Crippen LogP contribution in [0.2, 0.25) is 0 Å². The van der Waals surface area contributed by atoms with Gasteiger partial charge < -0.3 is 20.9 Å². The number of methoxy groups -OCH3 is 1. The first-order valence-corrected chi connectivity index (χ1v) is 4.82. The molecule has 1 aromatic rings. The van der Waals surface area contributed by atoms with Crippen LogP contribution in [0.1, 0.15) is 16.8 Å². The van der Waals surface area contributed by atoms with Gasteiger partial charge in [0.05, 0.1) is 24.1 Å². The molecule has 0 atom stereocenters. The minimum Gasteiger partial charge on any atom is -0.478 e. The third-order valence-corrected chi connectivity index (χ3v) is 1.92. The van der Waals surface area contributed by atoms with E-state index in [0.29, 0.717) is 19.1 Å². The molecule has 1 aromatic heterocycles. The second-order valence-electron chi connectivity index (χ2n) is 3.17. The van der Waals surface area contributed by atoms with Crippen molar-refractivity contribution in [2.45, 2.75) is 6.42 Å². The van der Waals surface area contributed by atoms with Crippen molar-refractivity contribution in [1.82, 2.24) is 4.98 Å². The second kappa shape index (κ2) is 5.92. The van der Waals surface area contributed by atoms with Gasteiger partial charge in [0.2, 0.25) is 5.88 Å². The van der Waals surface area contributed by atoms with Crippen LogP contribution in [0.3, 0.4) is 0 Å². The van der Waals surface area contributed by atoms with Gasteiger partial charge in [-0.3, -0.25) is 4.79 Å². The lowest BCUT2D eigenvalue weighted by Gasteiger charge is -2.07. The van der Waals surface area contributed by atoms with Gasteiger partial charge in [0.25, 0.3) is 5.91 Å². The van der Waals surface area contributed by atoms with E-state index in [-0.39, 0.29) is 11.3 Å². The molecule has 0 radical (unpaired) electrons. The molecule has 0 saturated heterocycles. The average molecular weight is 225 g/mol. The first-order valence-electron chi connectivity index (χ1n) is 4.82. The number of anilines is 1. The fraction of sp³-hybridized carbons (Fsp3) is 0.400. The summed E-state index contributed by atoms with van der Waals surface area (Å²) in [7, 11) is 1.62. The molecule has 1 amide bonds. The molecule has 0 unspecified atom stereocenters. The maximum atomic E-state index is 11.0. The van der Waals surface area contributed by atoms with E-state index in [1.54, 1.807) is 7.11 Å². The predicted molar refractivity (Wildman–Crippen MR) is 59.2 cm³/mol. The lowest BCUT2D eigenvalue weighted by molar-refractivity contribution is 0.100. The SMILES string of the molecule is COCCCOc1cc(C(N)=O)c(N)cn1. The van der Waals surface area contributed by atoms with Gasteiger partial charge in [-0.1, -0.05) is 0 Å². The summed E-state index contributed by atoms with van der Waals surface area (Å²) in [5, 5.41) is 0. The zero-order valence-corrected chi connectivity index (χ0v) is 9.10. The summed E-state index contributed by atoms with van der Waals surface area (Å²) >= 11 is 0. The highest BCUT2D eigenvalue weighted by molar-refractivity contribution is 5.97. The molecule has 88 valence electrons. The molecule has 0 saturated carbocycles. The van der Waals surface area contributed by atoms with Crippen molar-refractivity contribution in [3.05, 3.63) is 17.8 Å². The Balaban J connectivity index is 2.61. The van der Waals surface area contributed by atoms with Crippen LogP contribution in [-0.4, -0.2) is 31.2 Å². The molecule has 1 rings (SSSR count). The number of carbonyl (C=O) groups excluding carboxylic acids is 1. The second-order valence-corrected chi connectivity index (χ2v) is 3.17. The van der Waals surface area contributed by atoms with E-state index in [2.05, 4.69) is 4.98 Å². The van der Waals surface area contributed by atoms with Gasteiger partial charge in [-0.05, 0) is 0 Å². The molecule has 0 fully saturated rings. The molecule has 4 N–H and O–H groups in total. The summed E-state index contributed by atoms with van der Waals surface area (Å²) in [4.78, 5) is 14.9. The molecule has 0 aliphatic carbocycles. The van der Waals surface area contributed by atoms with E-state index < -0.39 is 5.91 Å². The Bertz CT molecular complexity index is 368. The largest absolute Gasteiger partial charge is 0.478 e. The van der Waals surface area contributed by atoms with Crippen LogP contribution in [0, 0.1) is 0 Å². The molecule has 0 bridgehead atoms. The normalized spacial score (nSPS) is 10.1. The van der Waals surface area contributed by atoms with Crippen molar-refractivity contribution in [2.75, 3.05) is 26.1 Å². The van der Waals surface area contributed by atoms with Crippen molar-refractivity contribution in [2.24, 2.45) is 5.73 Å². The summed E-state index contributed by atoms with van der Waals surface area (Å²) in [5.41, 5.74) is 11.1. The zero-order chi connectivity index (χ0) is 12.0. The Morgan fingerprint density at radius 3 is 2.88 bits per heavy atom. The van der Waals surface area contributed by atoms with Crippen molar-refractivity contribution in [3.63, 3.8) is 0 Å². The van der Waals surface area contributed by atoms with Crippen LogP contribution < -0.4 is 16.2 Å². The lowest BCUT2D eigenvalue weighted by Crippen LogP contribution is -2.14. The molecule has 0 aromatic carbocycles.